The molecule has 116 valence electrons. The molecule has 1 aromatic carbocycles. The SMILES string of the molecule is COCCN=C(NN)NCCc1ccc2c(c1)OCCO2. The molecule has 0 atom stereocenters. The average molecular weight is 294 g/mol. The molecule has 0 amide bonds. The van der Waals surface area contributed by atoms with Crippen LogP contribution in [-0.4, -0.2) is 46.0 Å². The number of nitrogens with zero attached hydrogens (tertiary/aromatic N) is 1. The molecule has 7 nitrogen and oxygen atoms in total. The highest BCUT2D eigenvalue weighted by atomic mass is 16.6. The van der Waals surface area contributed by atoms with E-state index in [1.54, 1.807) is 7.11 Å². The first-order valence-electron chi connectivity index (χ1n) is 6.96. The first kappa shape index (κ1) is 15.4. The van der Waals surface area contributed by atoms with Crippen molar-refractivity contribution >= 4 is 5.96 Å². The minimum absolute atomic E-state index is 0.560. The second-order valence-electron chi connectivity index (χ2n) is 4.52. The van der Waals surface area contributed by atoms with Crippen molar-refractivity contribution in [2.24, 2.45) is 10.8 Å². The summed E-state index contributed by atoms with van der Waals surface area (Å²) in [5, 5.41) is 3.14. The molecule has 1 aliphatic rings. The largest absolute Gasteiger partial charge is 0.486 e. The number of nitrogens with two attached hydrogens (primary N) is 1. The van der Waals surface area contributed by atoms with E-state index in [1.807, 2.05) is 18.2 Å². The highest BCUT2D eigenvalue weighted by Crippen LogP contribution is 2.30. The molecule has 21 heavy (non-hydrogen) atoms. The Hall–Kier alpha value is -1.99. The van der Waals surface area contributed by atoms with Crippen molar-refractivity contribution in [2.75, 3.05) is 40.0 Å². The van der Waals surface area contributed by atoms with Crippen LogP contribution in [0.3, 0.4) is 0 Å². The van der Waals surface area contributed by atoms with Crippen LogP contribution in [0.4, 0.5) is 0 Å². The Bertz CT molecular complexity index is 479. The second-order valence-corrected chi connectivity index (χ2v) is 4.52. The normalized spacial score (nSPS) is 13.9. The lowest BCUT2D eigenvalue weighted by Gasteiger charge is -2.19. The van der Waals surface area contributed by atoms with Gasteiger partial charge in [0.15, 0.2) is 11.5 Å². The van der Waals surface area contributed by atoms with Gasteiger partial charge >= 0.3 is 0 Å². The molecule has 1 aromatic rings. The van der Waals surface area contributed by atoms with Crippen LogP contribution in [0.1, 0.15) is 5.56 Å². The van der Waals surface area contributed by atoms with Gasteiger partial charge in [-0.15, -0.1) is 0 Å². The molecule has 1 aliphatic heterocycles. The van der Waals surface area contributed by atoms with Crippen molar-refractivity contribution in [3.8, 4) is 11.5 Å². The first-order valence-corrected chi connectivity index (χ1v) is 6.96. The quantitative estimate of drug-likeness (QED) is 0.226. The lowest BCUT2D eigenvalue weighted by molar-refractivity contribution is 0.171. The van der Waals surface area contributed by atoms with E-state index in [9.17, 15) is 0 Å². The number of guanidine groups is 1. The second kappa shape index (κ2) is 8.33. The lowest BCUT2D eigenvalue weighted by Crippen LogP contribution is -2.42. The fourth-order valence-corrected chi connectivity index (χ4v) is 1.97. The van der Waals surface area contributed by atoms with Crippen LogP contribution in [-0.2, 0) is 11.2 Å². The zero-order chi connectivity index (χ0) is 14.9. The van der Waals surface area contributed by atoms with Crippen molar-refractivity contribution in [1.29, 1.82) is 0 Å². The summed E-state index contributed by atoms with van der Waals surface area (Å²) in [4.78, 5) is 4.23. The van der Waals surface area contributed by atoms with Gasteiger partial charge in [0.05, 0.1) is 13.2 Å². The summed E-state index contributed by atoms with van der Waals surface area (Å²) < 4.78 is 16.0. The third-order valence-corrected chi connectivity index (χ3v) is 3.01. The van der Waals surface area contributed by atoms with Crippen molar-refractivity contribution < 1.29 is 14.2 Å². The van der Waals surface area contributed by atoms with E-state index in [4.69, 9.17) is 20.1 Å². The number of hydrazine groups is 1. The Morgan fingerprint density at radius 2 is 2.14 bits per heavy atom. The summed E-state index contributed by atoms with van der Waals surface area (Å²) >= 11 is 0. The lowest BCUT2D eigenvalue weighted by atomic mass is 10.1. The summed E-state index contributed by atoms with van der Waals surface area (Å²) in [5.41, 5.74) is 3.70. The van der Waals surface area contributed by atoms with E-state index in [0.717, 1.165) is 24.5 Å². The molecular formula is C14H22N4O3. The van der Waals surface area contributed by atoms with Crippen LogP contribution in [0, 0.1) is 0 Å². The first-order chi connectivity index (χ1) is 10.3. The zero-order valence-corrected chi connectivity index (χ0v) is 12.2. The summed E-state index contributed by atoms with van der Waals surface area (Å²) in [6, 6.07) is 5.99. The summed E-state index contributed by atoms with van der Waals surface area (Å²) in [7, 11) is 1.64. The Balaban J connectivity index is 1.81. The smallest absolute Gasteiger partial charge is 0.205 e. The molecule has 0 aromatic heterocycles. The van der Waals surface area contributed by atoms with E-state index in [0.29, 0.717) is 32.3 Å². The number of aliphatic imine (C=N–C) groups is 1. The zero-order valence-electron chi connectivity index (χ0n) is 12.2. The molecule has 0 fully saturated rings. The van der Waals surface area contributed by atoms with E-state index in [1.165, 1.54) is 5.56 Å². The third kappa shape index (κ3) is 4.80. The molecule has 0 spiro atoms. The van der Waals surface area contributed by atoms with Crippen LogP contribution in [0.15, 0.2) is 23.2 Å². The van der Waals surface area contributed by atoms with Crippen LogP contribution < -0.4 is 26.1 Å². The van der Waals surface area contributed by atoms with Gasteiger partial charge in [-0.1, -0.05) is 6.07 Å². The minimum Gasteiger partial charge on any atom is -0.486 e. The Kier molecular flexibility index (Phi) is 6.11. The number of fused-ring (bicyclic) bond motifs is 1. The summed E-state index contributed by atoms with van der Waals surface area (Å²) in [5.74, 6) is 7.58. The Labute approximate surface area is 124 Å². The predicted octanol–water partition coefficient (Wildman–Crippen LogP) is 0.0556. The van der Waals surface area contributed by atoms with E-state index in [-0.39, 0.29) is 0 Å². The third-order valence-electron chi connectivity index (χ3n) is 3.01. The number of hydrogen-bond donors (Lipinski definition) is 3. The van der Waals surface area contributed by atoms with Crippen molar-refractivity contribution in [3.63, 3.8) is 0 Å². The monoisotopic (exact) mass is 294 g/mol. The molecule has 0 bridgehead atoms. The molecule has 1 heterocycles. The van der Waals surface area contributed by atoms with Gasteiger partial charge in [0.25, 0.3) is 0 Å². The predicted molar refractivity (Wildman–Crippen MR) is 80.6 cm³/mol. The van der Waals surface area contributed by atoms with Crippen LogP contribution in [0.5, 0.6) is 11.5 Å². The number of rotatable bonds is 6. The maximum atomic E-state index is 5.56. The highest BCUT2D eigenvalue weighted by molar-refractivity contribution is 5.79. The average Bonchev–Trinajstić information content (AvgIpc) is 2.53. The van der Waals surface area contributed by atoms with E-state index < -0.39 is 0 Å². The molecule has 0 unspecified atom stereocenters. The number of hydrogen-bond acceptors (Lipinski definition) is 5. The van der Waals surface area contributed by atoms with Crippen molar-refractivity contribution in [3.05, 3.63) is 23.8 Å². The van der Waals surface area contributed by atoms with Gasteiger partial charge in [0.1, 0.15) is 13.2 Å². The van der Waals surface area contributed by atoms with Gasteiger partial charge in [-0.2, -0.15) is 0 Å². The molecule has 0 aliphatic carbocycles. The van der Waals surface area contributed by atoms with Gasteiger partial charge in [0.2, 0.25) is 5.96 Å². The number of ether oxygens (including phenoxy) is 3. The molecule has 0 saturated carbocycles. The fraction of sp³-hybridized carbons (Fsp3) is 0.500. The van der Waals surface area contributed by atoms with Gasteiger partial charge in [-0.05, 0) is 24.1 Å². The number of nitrogens with one attached hydrogen (secondary N) is 2. The number of benzene rings is 1. The molecule has 2 rings (SSSR count). The molecule has 4 N–H and O–H groups in total. The van der Waals surface area contributed by atoms with Crippen LogP contribution >= 0.6 is 0 Å². The number of methoxy groups -OCH3 is 1. The summed E-state index contributed by atoms with van der Waals surface area (Å²) in [6.07, 6.45) is 0.835. The van der Waals surface area contributed by atoms with Crippen molar-refractivity contribution in [1.82, 2.24) is 10.7 Å². The Morgan fingerprint density at radius 1 is 1.33 bits per heavy atom. The minimum atomic E-state index is 0.560. The van der Waals surface area contributed by atoms with E-state index >= 15 is 0 Å². The summed E-state index contributed by atoms with van der Waals surface area (Å²) in [6.45, 7) is 3.05. The standard InChI is InChI=1S/C14H22N4O3/c1-19-7-6-17-14(18-15)16-5-4-11-2-3-12-13(10-11)21-9-8-20-12/h2-3,10H,4-9,15H2,1H3,(H2,16,17,18). The molecular weight excluding hydrogens is 272 g/mol. The molecule has 0 saturated heterocycles. The van der Waals surface area contributed by atoms with Crippen LogP contribution in [0.25, 0.3) is 0 Å². The van der Waals surface area contributed by atoms with Gasteiger partial charge < -0.3 is 19.5 Å². The van der Waals surface area contributed by atoms with Crippen molar-refractivity contribution in [2.45, 2.75) is 6.42 Å². The molecule has 0 radical (unpaired) electrons. The van der Waals surface area contributed by atoms with E-state index in [2.05, 4.69) is 15.7 Å². The van der Waals surface area contributed by atoms with Crippen LogP contribution in [0.2, 0.25) is 0 Å². The topological polar surface area (TPSA) is 90.1 Å². The Morgan fingerprint density at radius 3 is 2.90 bits per heavy atom. The van der Waals surface area contributed by atoms with Gasteiger partial charge in [0, 0.05) is 13.7 Å². The maximum absolute atomic E-state index is 5.56. The van der Waals surface area contributed by atoms with Gasteiger partial charge in [-0.3, -0.25) is 5.43 Å². The maximum Gasteiger partial charge on any atom is 0.205 e. The fourth-order valence-electron chi connectivity index (χ4n) is 1.97. The molecule has 7 heteroatoms. The highest BCUT2D eigenvalue weighted by Gasteiger charge is 2.11. The van der Waals surface area contributed by atoms with Gasteiger partial charge in [-0.25, -0.2) is 10.8 Å².